The molecule has 166 valence electrons. The molecule has 31 heavy (non-hydrogen) atoms. The van der Waals surface area contributed by atoms with Crippen LogP contribution < -0.4 is 5.32 Å². The highest BCUT2D eigenvalue weighted by molar-refractivity contribution is 6.30. The first-order valence-corrected chi connectivity index (χ1v) is 10.9. The number of carbonyl (C=O) groups excluding carboxylic acids is 3. The van der Waals surface area contributed by atoms with Crippen molar-refractivity contribution in [2.24, 2.45) is 11.8 Å². The van der Waals surface area contributed by atoms with Crippen molar-refractivity contribution in [3.63, 3.8) is 0 Å². The summed E-state index contributed by atoms with van der Waals surface area (Å²) in [7, 11) is 1.28. The molecule has 0 bridgehead atoms. The quantitative estimate of drug-likeness (QED) is 0.537. The normalized spacial score (nSPS) is 24.3. The van der Waals surface area contributed by atoms with Crippen molar-refractivity contribution in [2.75, 3.05) is 7.11 Å². The van der Waals surface area contributed by atoms with Crippen LogP contribution in [0, 0.1) is 11.8 Å². The number of nitrogens with one attached hydrogen (secondary N) is 1. The van der Waals surface area contributed by atoms with Gasteiger partial charge >= 0.3 is 11.9 Å². The minimum Gasteiger partial charge on any atom is -0.468 e. The third-order valence-corrected chi connectivity index (χ3v) is 6.26. The van der Waals surface area contributed by atoms with Gasteiger partial charge in [-0.2, -0.15) is 0 Å². The number of esters is 2. The van der Waals surface area contributed by atoms with Crippen molar-refractivity contribution in [1.82, 2.24) is 5.32 Å². The van der Waals surface area contributed by atoms with Gasteiger partial charge in [0.15, 0.2) is 5.78 Å². The lowest BCUT2D eigenvalue weighted by atomic mass is 9.69. The molecule has 0 spiro atoms. The summed E-state index contributed by atoms with van der Waals surface area (Å²) >= 11 is 6.25. The maximum absolute atomic E-state index is 13.6. The average Bonchev–Trinajstić information content (AvgIpc) is 2.72. The molecule has 3 rings (SSSR count). The molecule has 0 aromatic heterocycles. The van der Waals surface area contributed by atoms with Gasteiger partial charge in [0.2, 0.25) is 0 Å². The van der Waals surface area contributed by atoms with Crippen LogP contribution in [0.2, 0.25) is 5.02 Å². The van der Waals surface area contributed by atoms with Crippen molar-refractivity contribution < 1.29 is 23.9 Å². The molecule has 1 aromatic rings. The highest BCUT2D eigenvalue weighted by atomic mass is 35.5. The Morgan fingerprint density at radius 3 is 2.65 bits per heavy atom. The maximum atomic E-state index is 13.6. The molecule has 0 radical (unpaired) electrons. The summed E-state index contributed by atoms with van der Waals surface area (Å²) in [6.07, 6.45) is 0.888. The Balaban J connectivity index is 2.17. The summed E-state index contributed by atoms with van der Waals surface area (Å²) in [6.45, 7) is 7.41. The van der Waals surface area contributed by atoms with Crippen LogP contribution in [0.4, 0.5) is 0 Å². The van der Waals surface area contributed by atoms with Crippen molar-refractivity contribution in [1.29, 1.82) is 0 Å². The molecule has 1 aliphatic carbocycles. The molecule has 0 saturated heterocycles. The number of hydrogen-bond acceptors (Lipinski definition) is 6. The lowest BCUT2D eigenvalue weighted by Gasteiger charge is -2.38. The Bertz CT molecular complexity index is 980. The summed E-state index contributed by atoms with van der Waals surface area (Å²) in [5, 5.41) is 3.74. The number of dihydropyridines is 1. The minimum absolute atomic E-state index is 0.229. The highest BCUT2D eigenvalue weighted by Crippen LogP contribution is 2.45. The molecule has 0 fully saturated rings. The van der Waals surface area contributed by atoms with Gasteiger partial charge in [0.25, 0.3) is 0 Å². The Morgan fingerprint density at radius 2 is 2.03 bits per heavy atom. The molecule has 6 nitrogen and oxygen atoms in total. The van der Waals surface area contributed by atoms with Gasteiger partial charge in [-0.05, 0) is 50.3 Å². The van der Waals surface area contributed by atoms with Gasteiger partial charge in [0.05, 0.1) is 18.8 Å². The SMILES string of the molecule is CC[C@H](C)OC(=O)C1=C(C)NC2=C(C(=O)[C@@H](C(=O)OC)[C@@H](C)C2)[C@@H]1c1cccc(Cl)c1. The van der Waals surface area contributed by atoms with Gasteiger partial charge in [-0.25, -0.2) is 4.79 Å². The molecule has 1 aliphatic heterocycles. The topological polar surface area (TPSA) is 81.7 Å². The molecule has 2 aliphatic rings. The van der Waals surface area contributed by atoms with E-state index in [4.69, 9.17) is 21.1 Å². The van der Waals surface area contributed by atoms with Crippen LogP contribution >= 0.6 is 11.6 Å². The number of carbonyl (C=O) groups is 3. The standard InChI is InChI=1S/C24H28ClNO5/c1-6-13(3)31-24(29)19-14(4)26-17-10-12(2)18(23(28)30-5)22(27)21(17)20(19)15-8-7-9-16(25)11-15/h7-9,11-13,18,20,26H,6,10H2,1-5H3/t12-,13-,18-,20+/m0/s1. The molecule has 1 aromatic carbocycles. The van der Waals surface area contributed by atoms with E-state index in [1.807, 2.05) is 26.8 Å². The van der Waals surface area contributed by atoms with E-state index in [-0.39, 0.29) is 17.8 Å². The number of benzene rings is 1. The molecular weight excluding hydrogens is 418 g/mol. The Labute approximate surface area is 187 Å². The minimum atomic E-state index is -0.919. The number of hydrogen-bond donors (Lipinski definition) is 1. The van der Waals surface area contributed by atoms with Crippen LogP contribution in [0.15, 0.2) is 46.8 Å². The summed E-state index contributed by atoms with van der Waals surface area (Å²) in [5.41, 5.74) is 2.81. The molecule has 1 N–H and O–H groups in total. The van der Waals surface area contributed by atoms with Crippen LogP contribution in [0.1, 0.15) is 52.0 Å². The van der Waals surface area contributed by atoms with Crippen molar-refractivity contribution >= 4 is 29.3 Å². The van der Waals surface area contributed by atoms with E-state index in [1.54, 1.807) is 25.1 Å². The zero-order valence-corrected chi connectivity index (χ0v) is 19.2. The van der Waals surface area contributed by atoms with Gasteiger partial charge in [0, 0.05) is 27.9 Å². The van der Waals surface area contributed by atoms with Crippen LogP contribution in [0.5, 0.6) is 0 Å². The van der Waals surface area contributed by atoms with Crippen molar-refractivity contribution in [3.05, 3.63) is 57.4 Å². The molecule has 4 atom stereocenters. The average molecular weight is 446 g/mol. The third-order valence-electron chi connectivity index (χ3n) is 6.03. The molecule has 0 unspecified atom stereocenters. The zero-order chi connectivity index (χ0) is 22.9. The van der Waals surface area contributed by atoms with E-state index in [2.05, 4.69) is 5.32 Å². The first-order valence-electron chi connectivity index (χ1n) is 10.5. The lowest BCUT2D eigenvalue weighted by Crippen LogP contribution is -2.43. The Kier molecular flexibility index (Phi) is 6.90. The predicted molar refractivity (Wildman–Crippen MR) is 117 cm³/mol. The Morgan fingerprint density at radius 1 is 1.32 bits per heavy atom. The monoisotopic (exact) mass is 445 g/mol. The Hall–Kier alpha value is -2.60. The van der Waals surface area contributed by atoms with E-state index in [9.17, 15) is 14.4 Å². The number of methoxy groups -OCH3 is 1. The van der Waals surface area contributed by atoms with Crippen molar-refractivity contribution in [3.8, 4) is 0 Å². The number of halogens is 1. The smallest absolute Gasteiger partial charge is 0.337 e. The second kappa shape index (κ2) is 9.27. The van der Waals surface area contributed by atoms with E-state index >= 15 is 0 Å². The van der Waals surface area contributed by atoms with Crippen LogP contribution in [-0.2, 0) is 23.9 Å². The summed E-state index contributed by atoms with van der Waals surface area (Å²) in [6, 6.07) is 7.08. The van der Waals surface area contributed by atoms with Gasteiger partial charge in [-0.15, -0.1) is 0 Å². The van der Waals surface area contributed by atoms with Gasteiger partial charge in [-0.3, -0.25) is 9.59 Å². The fourth-order valence-corrected chi connectivity index (χ4v) is 4.50. The predicted octanol–water partition coefficient (Wildman–Crippen LogP) is 4.29. The fourth-order valence-electron chi connectivity index (χ4n) is 4.30. The van der Waals surface area contributed by atoms with E-state index in [0.29, 0.717) is 40.3 Å². The van der Waals surface area contributed by atoms with Gasteiger partial charge in [0.1, 0.15) is 5.92 Å². The van der Waals surface area contributed by atoms with E-state index in [1.165, 1.54) is 7.11 Å². The van der Waals surface area contributed by atoms with Crippen LogP contribution in [0.3, 0.4) is 0 Å². The van der Waals surface area contributed by atoms with E-state index in [0.717, 1.165) is 5.70 Å². The summed E-state index contributed by atoms with van der Waals surface area (Å²) in [4.78, 5) is 39.2. The second-order valence-corrected chi connectivity index (χ2v) is 8.65. The maximum Gasteiger partial charge on any atom is 0.337 e. The number of ketones is 1. The molecule has 0 amide bonds. The first kappa shape index (κ1) is 23.1. The summed E-state index contributed by atoms with van der Waals surface area (Å²) < 4.78 is 10.5. The lowest BCUT2D eigenvalue weighted by molar-refractivity contribution is -0.151. The summed E-state index contributed by atoms with van der Waals surface area (Å²) in [5.74, 6) is -3.22. The van der Waals surface area contributed by atoms with Gasteiger partial charge in [-0.1, -0.05) is 37.6 Å². The molecule has 1 heterocycles. The molecule has 0 saturated carbocycles. The van der Waals surface area contributed by atoms with Crippen LogP contribution in [-0.4, -0.2) is 30.9 Å². The second-order valence-electron chi connectivity index (χ2n) is 8.21. The fraction of sp³-hybridized carbons (Fsp3) is 0.458. The first-order chi connectivity index (χ1) is 14.7. The number of Topliss-reactive ketones (excluding diaryl/α,β-unsaturated/α-hetero) is 1. The number of ether oxygens (including phenoxy) is 2. The zero-order valence-electron chi connectivity index (χ0n) is 18.5. The number of rotatable bonds is 5. The molecule has 7 heteroatoms. The largest absolute Gasteiger partial charge is 0.468 e. The van der Waals surface area contributed by atoms with Gasteiger partial charge < -0.3 is 14.8 Å². The highest BCUT2D eigenvalue weighted by Gasteiger charge is 2.47. The third kappa shape index (κ3) is 4.40. The number of allylic oxidation sites excluding steroid dienone is 3. The molecular formula is C24H28ClNO5. The van der Waals surface area contributed by atoms with E-state index < -0.39 is 23.8 Å². The van der Waals surface area contributed by atoms with Crippen LogP contribution in [0.25, 0.3) is 0 Å². The van der Waals surface area contributed by atoms with Crippen molar-refractivity contribution in [2.45, 2.75) is 52.6 Å².